The van der Waals surface area contributed by atoms with Crippen molar-refractivity contribution < 1.29 is 0 Å². The topological polar surface area (TPSA) is 56.5 Å². The second-order valence-electron chi connectivity index (χ2n) is 4.57. The van der Waals surface area contributed by atoms with Gasteiger partial charge in [-0.1, -0.05) is 35.3 Å². The second kappa shape index (κ2) is 5.79. The molecule has 0 saturated heterocycles. The van der Waals surface area contributed by atoms with E-state index in [4.69, 9.17) is 23.2 Å². The highest BCUT2D eigenvalue weighted by Gasteiger charge is 2.14. The summed E-state index contributed by atoms with van der Waals surface area (Å²) in [6.45, 7) is 2.45. The third-order valence-corrected chi connectivity index (χ3v) is 3.85. The summed E-state index contributed by atoms with van der Waals surface area (Å²) < 4.78 is 1.67. The number of nitrogens with zero attached hydrogens (tertiary/aromatic N) is 5. The molecule has 0 spiro atoms. The van der Waals surface area contributed by atoms with Crippen molar-refractivity contribution in [2.24, 2.45) is 0 Å². The minimum atomic E-state index is 0.442. The Balaban J connectivity index is 1.97. The van der Waals surface area contributed by atoms with Crippen LogP contribution in [-0.2, 0) is 6.54 Å². The number of hydrogen-bond acceptors (Lipinski definition) is 4. The molecule has 0 aliphatic heterocycles. The first kappa shape index (κ1) is 14.0. The van der Waals surface area contributed by atoms with Crippen molar-refractivity contribution >= 4 is 23.2 Å². The number of benzene rings is 1. The van der Waals surface area contributed by atoms with Gasteiger partial charge in [0, 0.05) is 17.5 Å². The maximum absolute atomic E-state index is 6.23. The van der Waals surface area contributed by atoms with E-state index in [1.165, 1.54) is 0 Å². The van der Waals surface area contributed by atoms with Gasteiger partial charge in [0.25, 0.3) is 0 Å². The molecule has 7 heteroatoms. The Hall–Kier alpha value is -1.98. The highest BCUT2D eigenvalue weighted by atomic mass is 35.5. The lowest BCUT2D eigenvalue weighted by atomic mass is 10.2. The normalized spacial score (nSPS) is 10.8. The Kier molecular flexibility index (Phi) is 3.86. The van der Waals surface area contributed by atoms with E-state index < -0.39 is 0 Å². The van der Waals surface area contributed by atoms with Crippen LogP contribution in [0, 0.1) is 6.92 Å². The van der Waals surface area contributed by atoms with Crippen molar-refractivity contribution in [3.05, 3.63) is 57.8 Å². The van der Waals surface area contributed by atoms with E-state index in [2.05, 4.69) is 20.5 Å². The molecule has 0 unspecified atom stereocenters. The number of hydrogen-bond donors (Lipinski definition) is 0. The third kappa shape index (κ3) is 2.89. The van der Waals surface area contributed by atoms with Gasteiger partial charge in [0.1, 0.15) is 0 Å². The van der Waals surface area contributed by atoms with Crippen LogP contribution < -0.4 is 0 Å². The van der Waals surface area contributed by atoms with E-state index in [0.717, 1.165) is 11.3 Å². The van der Waals surface area contributed by atoms with E-state index in [9.17, 15) is 0 Å². The van der Waals surface area contributed by atoms with Crippen molar-refractivity contribution in [2.45, 2.75) is 13.5 Å². The zero-order chi connectivity index (χ0) is 14.8. The number of tetrazole rings is 1. The molecule has 3 rings (SSSR count). The first-order chi connectivity index (χ1) is 10.1. The molecule has 2 aromatic heterocycles. The van der Waals surface area contributed by atoms with E-state index in [1.807, 2.05) is 31.2 Å². The van der Waals surface area contributed by atoms with E-state index >= 15 is 0 Å². The van der Waals surface area contributed by atoms with Crippen LogP contribution >= 0.6 is 23.2 Å². The third-order valence-electron chi connectivity index (χ3n) is 3.03. The van der Waals surface area contributed by atoms with Gasteiger partial charge in [-0.15, -0.1) is 5.10 Å². The van der Waals surface area contributed by atoms with Crippen molar-refractivity contribution in [2.75, 3.05) is 0 Å². The first-order valence-corrected chi connectivity index (χ1v) is 7.03. The summed E-state index contributed by atoms with van der Waals surface area (Å²) in [5, 5.41) is 12.7. The minimum absolute atomic E-state index is 0.442. The smallest absolute Gasteiger partial charge is 0.183 e. The Morgan fingerprint density at radius 2 is 2.00 bits per heavy atom. The lowest BCUT2D eigenvalue weighted by Gasteiger charge is -2.07. The summed E-state index contributed by atoms with van der Waals surface area (Å²) in [6, 6.07) is 9.32. The van der Waals surface area contributed by atoms with Gasteiger partial charge in [-0.3, -0.25) is 4.98 Å². The predicted octanol–water partition coefficient (Wildman–Crippen LogP) is 3.40. The Morgan fingerprint density at radius 1 is 1.14 bits per heavy atom. The van der Waals surface area contributed by atoms with E-state index in [1.54, 1.807) is 16.9 Å². The minimum Gasteiger partial charge on any atom is -0.261 e. The fourth-order valence-corrected chi connectivity index (χ4v) is 2.33. The summed E-state index contributed by atoms with van der Waals surface area (Å²) in [7, 11) is 0. The molecular weight excluding hydrogens is 309 g/mol. The Morgan fingerprint density at radius 3 is 2.76 bits per heavy atom. The molecule has 0 saturated carbocycles. The van der Waals surface area contributed by atoms with Crippen LogP contribution in [-0.4, -0.2) is 25.2 Å². The van der Waals surface area contributed by atoms with Gasteiger partial charge in [0.05, 0.1) is 16.6 Å². The molecule has 0 radical (unpaired) electrons. The van der Waals surface area contributed by atoms with Crippen LogP contribution in [0.5, 0.6) is 0 Å². The quantitative estimate of drug-likeness (QED) is 0.742. The van der Waals surface area contributed by atoms with Gasteiger partial charge in [-0.2, -0.15) is 0 Å². The number of rotatable bonds is 3. The molecule has 5 nitrogen and oxygen atoms in total. The Labute approximate surface area is 131 Å². The van der Waals surface area contributed by atoms with Crippen LogP contribution in [0.15, 0.2) is 36.5 Å². The monoisotopic (exact) mass is 319 g/mol. The van der Waals surface area contributed by atoms with Crippen LogP contribution in [0.25, 0.3) is 11.4 Å². The molecule has 2 heterocycles. The molecule has 0 atom stereocenters. The van der Waals surface area contributed by atoms with Gasteiger partial charge in [0.2, 0.25) is 0 Å². The molecular formula is C14H11Cl2N5. The van der Waals surface area contributed by atoms with Crippen molar-refractivity contribution in [3.8, 4) is 11.4 Å². The summed E-state index contributed by atoms with van der Waals surface area (Å²) in [6.07, 6.45) is 1.81. The summed E-state index contributed by atoms with van der Waals surface area (Å²) >= 11 is 12.3. The summed E-state index contributed by atoms with van der Waals surface area (Å²) in [4.78, 5) is 4.26. The highest BCUT2D eigenvalue weighted by molar-refractivity contribution is 6.43. The molecule has 0 fully saturated rings. The molecule has 1 aromatic carbocycles. The van der Waals surface area contributed by atoms with Crippen molar-refractivity contribution in [1.29, 1.82) is 0 Å². The molecule has 106 valence electrons. The zero-order valence-electron chi connectivity index (χ0n) is 11.2. The summed E-state index contributed by atoms with van der Waals surface area (Å²) in [5.74, 6) is 0.572. The first-order valence-electron chi connectivity index (χ1n) is 6.27. The molecule has 0 aliphatic rings. The van der Waals surface area contributed by atoms with Gasteiger partial charge in [-0.25, -0.2) is 4.68 Å². The van der Waals surface area contributed by atoms with Crippen LogP contribution in [0.1, 0.15) is 11.3 Å². The molecule has 21 heavy (non-hydrogen) atoms. The molecule has 3 aromatic rings. The fourth-order valence-electron chi connectivity index (χ4n) is 1.95. The maximum Gasteiger partial charge on any atom is 0.183 e. The number of aromatic nitrogens is 5. The number of aryl methyl sites for hydroxylation is 1. The lowest BCUT2D eigenvalue weighted by Crippen LogP contribution is -2.05. The average Bonchev–Trinajstić information content (AvgIpc) is 2.92. The van der Waals surface area contributed by atoms with Crippen LogP contribution in [0.3, 0.4) is 0 Å². The SMILES string of the molecule is Cc1ccc(Cn2nnnc2-c2cccc(Cl)c2Cl)cn1. The Bertz CT molecular complexity index is 767. The number of halogens is 2. The van der Waals surface area contributed by atoms with Crippen LogP contribution in [0.4, 0.5) is 0 Å². The maximum atomic E-state index is 6.23. The highest BCUT2D eigenvalue weighted by Crippen LogP contribution is 2.32. The standard InChI is InChI=1S/C14H11Cl2N5/c1-9-5-6-10(7-17-9)8-21-14(18-19-20-21)11-3-2-4-12(15)13(11)16/h2-7H,8H2,1H3. The fraction of sp³-hybridized carbons (Fsp3) is 0.143. The molecule has 0 N–H and O–H groups in total. The van der Waals surface area contributed by atoms with E-state index in [0.29, 0.717) is 28.0 Å². The number of pyridine rings is 1. The van der Waals surface area contributed by atoms with Crippen molar-refractivity contribution in [3.63, 3.8) is 0 Å². The lowest BCUT2D eigenvalue weighted by molar-refractivity contribution is 0.651. The van der Waals surface area contributed by atoms with Gasteiger partial charge in [0.15, 0.2) is 5.82 Å². The summed E-state index contributed by atoms with van der Waals surface area (Å²) in [5.41, 5.74) is 2.68. The van der Waals surface area contributed by atoms with Crippen molar-refractivity contribution in [1.82, 2.24) is 25.2 Å². The zero-order valence-corrected chi connectivity index (χ0v) is 12.7. The molecule has 0 amide bonds. The predicted molar refractivity (Wildman–Crippen MR) is 81.3 cm³/mol. The average molecular weight is 320 g/mol. The largest absolute Gasteiger partial charge is 0.261 e. The van der Waals surface area contributed by atoms with E-state index in [-0.39, 0.29) is 0 Å². The second-order valence-corrected chi connectivity index (χ2v) is 5.35. The molecule has 0 aliphatic carbocycles. The van der Waals surface area contributed by atoms with Gasteiger partial charge >= 0.3 is 0 Å². The van der Waals surface area contributed by atoms with Gasteiger partial charge < -0.3 is 0 Å². The van der Waals surface area contributed by atoms with Gasteiger partial charge in [-0.05, 0) is 41.1 Å². The van der Waals surface area contributed by atoms with Crippen LogP contribution in [0.2, 0.25) is 10.0 Å². The molecule has 0 bridgehead atoms.